The first-order chi connectivity index (χ1) is 7.41. The first kappa shape index (κ1) is 11.4. The lowest BCUT2D eigenvalue weighted by Gasteiger charge is -2.19. The summed E-state index contributed by atoms with van der Waals surface area (Å²) in [4.78, 5) is 12.3. The van der Waals surface area contributed by atoms with Crippen molar-refractivity contribution in [3.63, 3.8) is 0 Å². The second kappa shape index (κ2) is 3.73. The minimum Gasteiger partial charge on any atom is -0.294 e. The van der Waals surface area contributed by atoms with Gasteiger partial charge < -0.3 is 0 Å². The molecule has 1 aliphatic rings. The van der Waals surface area contributed by atoms with Crippen LogP contribution in [-0.4, -0.2) is 5.78 Å². The molecule has 0 spiro atoms. The highest BCUT2D eigenvalue weighted by atomic mass is 16.1. The van der Waals surface area contributed by atoms with Gasteiger partial charge in [0.05, 0.1) is 0 Å². The van der Waals surface area contributed by atoms with Crippen LogP contribution >= 0.6 is 0 Å². The summed E-state index contributed by atoms with van der Waals surface area (Å²) in [6, 6.07) is 6.19. The summed E-state index contributed by atoms with van der Waals surface area (Å²) in [6.45, 7) is 8.23. The van der Waals surface area contributed by atoms with E-state index >= 15 is 0 Å². The molecule has 1 unspecified atom stereocenters. The van der Waals surface area contributed by atoms with Crippen LogP contribution in [0.3, 0.4) is 0 Å². The minimum atomic E-state index is -0.277. The molecule has 0 aromatic heterocycles. The summed E-state index contributed by atoms with van der Waals surface area (Å²) in [6.07, 6.45) is 2.25. The van der Waals surface area contributed by atoms with Crippen LogP contribution in [0, 0.1) is 5.41 Å². The standard InChI is InChI=1S/C15H20O/c1-10-8-9-12-11(10)6-5-7-13(12)14(16)15(2,3)4/h5-7,10H,8-9H2,1-4H3. The van der Waals surface area contributed by atoms with E-state index in [2.05, 4.69) is 13.0 Å². The zero-order valence-electron chi connectivity index (χ0n) is 10.6. The predicted octanol–water partition coefficient (Wildman–Crippen LogP) is 3.97. The second-order valence-corrected chi connectivity index (χ2v) is 5.89. The van der Waals surface area contributed by atoms with Crippen LogP contribution in [0.25, 0.3) is 0 Å². The van der Waals surface area contributed by atoms with E-state index < -0.39 is 0 Å². The van der Waals surface area contributed by atoms with Crippen LogP contribution in [0.1, 0.15) is 61.5 Å². The Morgan fingerprint density at radius 1 is 1.31 bits per heavy atom. The quantitative estimate of drug-likeness (QED) is 0.649. The Hall–Kier alpha value is -1.11. The lowest BCUT2D eigenvalue weighted by molar-refractivity contribution is 0.0857. The van der Waals surface area contributed by atoms with Gasteiger partial charge in [0, 0.05) is 11.0 Å². The van der Waals surface area contributed by atoms with Crippen molar-refractivity contribution in [1.82, 2.24) is 0 Å². The van der Waals surface area contributed by atoms with E-state index in [1.165, 1.54) is 17.5 Å². The number of hydrogen-bond donors (Lipinski definition) is 0. The average Bonchev–Trinajstić information content (AvgIpc) is 2.58. The monoisotopic (exact) mass is 216 g/mol. The molecular formula is C15H20O. The summed E-state index contributed by atoms with van der Waals surface area (Å²) >= 11 is 0. The number of fused-ring (bicyclic) bond motifs is 1. The normalized spacial score (nSPS) is 19.6. The van der Waals surface area contributed by atoms with Crippen molar-refractivity contribution >= 4 is 5.78 Å². The largest absolute Gasteiger partial charge is 0.294 e. The van der Waals surface area contributed by atoms with Crippen LogP contribution in [-0.2, 0) is 6.42 Å². The Kier molecular flexibility index (Phi) is 2.65. The summed E-state index contributed by atoms with van der Waals surface area (Å²) in [5, 5.41) is 0. The van der Waals surface area contributed by atoms with Crippen LogP contribution in [0.5, 0.6) is 0 Å². The number of hydrogen-bond acceptors (Lipinski definition) is 1. The van der Waals surface area contributed by atoms with Gasteiger partial charge in [-0.15, -0.1) is 0 Å². The van der Waals surface area contributed by atoms with Crippen LogP contribution in [0.2, 0.25) is 0 Å². The third-order valence-electron chi connectivity index (χ3n) is 3.50. The Labute approximate surface area is 97.9 Å². The molecule has 0 radical (unpaired) electrons. The van der Waals surface area contributed by atoms with Gasteiger partial charge in [0.1, 0.15) is 0 Å². The van der Waals surface area contributed by atoms with E-state index in [0.29, 0.717) is 5.92 Å². The fourth-order valence-electron chi connectivity index (χ4n) is 2.48. The van der Waals surface area contributed by atoms with Crippen LogP contribution in [0.4, 0.5) is 0 Å². The molecule has 1 atom stereocenters. The second-order valence-electron chi connectivity index (χ2n) is 5.89. The third-order valence-corrected chi connectivity index (χ3v) is 3.50. The van der Waals surface area contributed by atoms with Gasteiger partial charge in [-0.2, -0.15) is 0 Å². The predicted molar refractivity (Wildman–Crippen MR) is 67.0 cm³/mol. The van der Waals surface area contributed by atoms with Crippen molar-refractivity contribution in [1.29, 1.82) is 0 Å². The highest BCUT2D eigenvalue weighted by Gasteiger charge is 2.29. The first-order valence-electron chi connectivity index (χ1n) is 6.08. The Morgan fingerprint density at radius 2 is 2.00 bits per heavy atom. The molecule has 16 heavy (non-hydrogen) atoms. The molecular weight excluding hydrogens is 196 g/mol. The Bertz CT molecular complexity index is 424. The molecule has 1 aromatic carbocycles. The number of carbonyl (C=O) groups is 1. The summed E-state index contributed by atoms with van der Waals surface area (Å²) in [7, 11) is 0. The molecule has 86 valence electrons. The number of rotatable bonds is 1. The van der Waals surface area contributed by atoms with Gasteiger partial charge in [-0.05, 0) is 29.9 Å². The molecule has 0 saturated heterocycles. The van der Waals surface area contributed by atoms with E-state index in [4.69, 9.17) is 0 Å². The topological polar surface area (TPSA) is 17.1 Å². The van der Waals surface area contributed by atoms with Crippen molar-refractivity contribution in [3.05, 3.63) is 34.9 Å². The fourth-order valence-corrected chi connectivity index (χ4v) is 2.48. The molecule has 0 fully saturated rings. The maximum atomic E-state index is 12.3. The molecule has 0 aliphatic heterocycles. The third kappa shape index (κ3) is 1.79. The van der Waals surface area contributed by atoms with Gasteiger partial charge in [-0.1, -0.05) is 45.9 Å². The van der Waals surface area contributed by atoms with Crippen molar-refractivity contribution < 1.29 is 4.79 Å². The fraction of sp³-hybridized carbons (Fsp3) is 0.533. The molecule has 0 N–H and O–H groups in total. The molecule has 1 nitrogen and oxygen atoms in total. The van der Waals surface area contributed by atoms with Crippen molar-refractivity contribution in [3.8, 4) is 0 Å². The van der Waals surface area contributed by atoms with E-state index in [9.17, 15) is 4.79 Å². The molecule has 0 bridgehead atoms. The van der Waals surface area contributed by atoms with Crippen molar-refractivity contribution in [2.45, 2.75) is 46.5 Å². The SMILES string of the molecule is CC1CCc2c(C(=O)C(C)(C)C)cccc21. The lowest BCUT2D eigenvalue weighted by atomic mass is 9.84. The van der Waals surface area contributed by atoms with Gasteiger partial charge in [-0.25, -0.2) is 0 Å². The molecule has 0 saturated carbocycles. The van der Waals surface area contributed by atoms with E-state index in [1.807, 2.05) is 32.9 Å². The zero-order valence-corrected chi connectivity index (χ0v) is 10.6. The maximum Gasteiger partial charge on any atom is 0.168 e. The zero-order chi connectivity index (χ0) is 11.9. The van der Waals surface area contributed by atoms with Crippen LogP contribution in [0.15, 0.2) is 18.2 Å². The van der Waals surface area contributed by atoms with E-state index in [-0.39, 0.29) is 11.2 Å². The van der Waals surface area contributed by atoms with Gasteiger partial charge in [-0.3, -0.25) is 4.79 Å². The first-order valence-corrected chi connectivity index (χ1v) is 6.08. The van der Waals surface area contributed by atoms with Gasteiger partial charge >= 0.3 is 0 Å². The van der Waals surface area contributed by atoms with E-state index in [0.717, 1.165) is 12.0 Å². The lowest BCUT2D eigenvalue weighted by Crippen LogP contribution is -2.21. The molecule has 1 aliphatic carbocycles. The summed E-state index contributed by atoms with van der Waals surface area (Å²) in [5.74, 6) is 0.890. The van der Waals surface area contributed by atoms with Crippen molar-refractivity contribution in [2.24, 2.45) is 5.41 Å². The molecule has 0 amide bonds. The molecule has 2 rings (SSSR count). The minimum absolute atomic E-state index is 0.276. The average molecular weight is 216 g/mol. The summed E-state index contributed by atoms with van der Waals surface area (Å²) in [5.41, 5.74) is 3.36. The Balaban J connectivity index is 2.48. The number of Topliss-reactive ketones (excluding diaryl/α,β-unsaturated/α-hetero) is 1. The van der Waals surface area contributed by atoms with Crippen molar-refractivity contribution in [2.75, 3.05) is 0 Å². The molecule has 1 heteroatoms. The number of carbonyl (C=O) groups excluding carboxylic acids is 1. The van der Waals surface area contributed by atoms with Gasteiger partial charge in [0.15, 0.2) is 5.78 Å². The molecule has 0 heterocycles. The molecule has 1 aromatic rings. The highest BCUT2D eigenvalue weighted by Crippen LogP contribution is 2.36. The Morgan fingerprint density at radius 3 is 2.62 bits per heavy atom. The highest BCUT2D eigenvalue weighted by molar-refractivity contribution is 6.01. The van der Waals surface area contributed by atoms with Gasteiger partial charge in [0.25, 0.3) is 0 Å². The number of benzene rings is 1. The van der Waals surface area contributed by atoms with Gasteiger partial charge in [0.2, 0.25) is 0 Å². The summed E-state index contributed by atoms with van der Waals surface area (Å²) < 4.78 is 0. The smallest absolute Gasteiger partial charge is 0.168 e. The van der Waals surface area contributed by atoms with E-state index in [1.54, 1.807) is 0 Å². The maximum absolute atomic E-state index is 12.3. The number of ketones is 1. The van der Waals surface area contributed by atoms with Crippen LogP contribution < -0.4 is 0 Å².